The van der Waals surface area contributed by atoms with E-state index in [0.29, 0.717) is 31.2 Å². The van der Waals surface area contributed by atoms with E-state index in [9.17, 15) is 23.1 Å². The largest absolute Gasteiger partial charge is 0.481 e. The lowest BCUT2D eigenvalue weighted by molar-refractivity contribution is -0.179. The molecule has 0 spiro atoms. The van der Waals surface area contributed by atoms with Gasteiger partial charge in [0.1, 0.15) is 11.0 Å². The average molecular weight is 628 g/mol. The number of halogens is 4. The molecule has 7 nitrogen and oxygen atoms in total. The Bertz CT molecular complexity index is 1840. The van der Waals surface area contributed by atoms with Crippen molar-refractivity contribution in [2.24, 2.45) is 7.05 Å². The summed E-state index contributed by atoms with van der Waals surface area (Å²) in [7, 11) is 1.86. The summed E-state index contributed by atoms with van der Waals surface area (Å²) in [6.07, 6.45) is -4.38. The van der Waals surface area contributed by atoms with Crippen LogP contribution in [-0.2, 0) is 18.3 Å². The zero-order valence-electron chi connectivity index (χ0n) is 23.7. The Balaban J connectivity index is 1.40. The molecule has 5 aromatic rings. The number of carbonyl (C=O) groups is 1. The number of thiazole rings is 1. The van der Waals surface area contributed by atoms with Crippen LogP contribution in [-0.4, -0.2) is 69.1 Å². The van der Waals surface area contributed by atoms with Crippen LogP contribution >= 0.6 is 22.9 Å². The van der Waals surface area contributed by atoms with Gasteiger partial charge in [-0.3, -0.25) is 14.4 Å². The fourth-order valence-corrected chi connectivity index (χ4v) is 7.06. The zero-order chi connectivity index (χ0) is 30.6. The second-order valence-corrected chi connectivity index (χ2v) is 12.3. The van der Waals surface area contributed by atoms with E-state index in [-0.39, 0.29) is 6.42 Å². The van der Waals surface area contributed by atoms with Crippen LogP contribution in [0.2, 0.25) is 5.02 Å². The molecular formula is C31H29ClF3N5O2S. The van der Waals surface area contributed by atoms with E-state index >= 15 is 0 Å². The lowest BCUT2D eigenvalue weighted by Gasteiger charge is -2.38. The van der Waals surface area contributed by atoms with Crippen molar-refractivity contribution in [2.75, 3.05) is 31.1 Å². The molecule has 12 heteroatoms. The molecule has 3 heterocycles. The number of benzene rings is 3. The minimum absolute atomic E-state index is 0.118. The van der Waals surface area contributed by atoms with E-state index in [1.54, 1.807) is 16.8 Å². The summed E-state index contributed by atoms with van der Waals surface area (Å²) in [6, 6.07) is 13.8. The first-order valence-corrected chi connectivity index (χ1v) is 15.0. The van der Waals surface area contributed by atoms with E-state index in [0.717, 1.165) is 59.8 Å². The number of aryl methyl sites for hydroxylation is 2. The maximum Gasteiger partial charge on any atom is 0.403 e. The lowest BCUT2D eigenvalue weighted by Crippen LogP contribution is -2.53. The van der Waals surface area contributed by atoms with Crippen LogP contribution in [0.4, 0.5) is 19.0 Å². The van der Waals surface area contributed by atoms with Crippen LogP contribution < -0.4 is 4.90 Å². The van der Waals surface area contributed by atoms with Gasteiger partial charge in [0.15, 0.2) is 5.82 Å². The zero-order valence-corrected chi connectivity index (χ0v) is 25.3. The van der Waals surface area contributed by atoms with Crippen molar-refractivity contribution >= 4 is 55.8 Å². The van der Waals surface area contributed by atoms with Gasteiger partial charge in [0.25, 0.3) is 0 Å². The molecule has 1 fully saturated rings. The van der Waals surface area contributed by atoms with Gasteiger partial charge in [0.2, 0.25) is 0 Å². The number of piperazine rings is 1. The first-order chi connectivity index (χ1) is 20.4. The number of alkyl halides is 3. The van der Waals surface area contributed by atoms with Crippen molar-refractivity contribution in [3.05, 3.63) is 64.7 Å². The molecule has 3 aromatic carbocycles. The molecule has 1 aliphatic heterocycles. The van der Waals surface area contributed by atoms with Crippen LogP contribution in [0.3, 0.4) is 0 Å². The number of carboxylic acids is 1. The van der Waals surface area contributed by atoms with Crippen molar-refractivity contribution in [3.8, 4) is 21.7 Å². The van der Waals surface area contributed by atoms with Crippen LogP contribution in [0.25, 0.3) is 42.8 Å². The molecule has 1 aliphatic rings. The van der Waals surface area contributed by atoms with E-state index in [4.69, 9.17) is 21.7 Å². The monoisotopic (exact) mass is 627 g/mol. The van der Waals surface area contributed by atoms with Gasteiger partial charge < -0.3 is 10.0 Å². The standard InChI is InChI=1S/C31H29ClF3N5O2S/c1-17-14-24-28(27(22(17)16-26(41)42)19-4-7-21(32)8-5-19)43-30(36-24)20-6-9-25-23(15-20)29(37-38(25)3)40-12-10-39(11-13-40)18(2)31(33,34)35/h4-9,14-15,18H,10-13,16H2,1-3H3,(H,41,42). The molecule has 0 bridgehead atoms. The second kappa shape index (κ2) is 11.1. The third kappa shape index (κ3) is 5.57. The van der Waals surface area contributed by atoms with Gasteiger partial charge in [0, 0.05) is 54.8 Å². The highest BCUT2D eigenvalue weighted by Gasteiger charge is 2.41. The fraction of sp³-hybridized carbons (Fsp3) is 0.323. The van der Waals surface area contributed by atoms with E-state index in [1.807, 2.05) is 55.3 Å². The van der Waals surface area contributed by atoms with Crippen molar-refractivity contribution in [2.45, 2.75) is 32.5 Å². The number of anilines is 1. The Morgan fingerprint density at radius 3 is 2.40 bits per heavy atom. The highest BCUT2D eigenvalue weighted by atomic mass is 35.5. The third-order valence-corrected chi connectivity index (χ3v) is 9.58. The SMILES string of the molecule is Cc1cc2nc(-c3ccc4c(c3)c(N3CCN(C(C)C(F)(F)F)CC3)nn4C)sc2c(-c2ccc(Cl)cc2)c1CC(=O)O. The quantitative estimate of drug-likeness (QED) is 0.215. The van der Waals surface area contributed by atoms with Gasteiger partial charge in [0.05, 0.1) is 22.2 Å². The van der Waals surface area contributed by atoms with Crippen molar-refractivity contribution in [3.63, 3.8) is 0 Å². The second-order valence-electron chi connectivity index (χ2n) is 10.9. The van der Waals surface area contributed by atoms with Crippen molar-refractivity contribution < 1.29 is 23.1 Å². The first kappa shape index (κ1) is 29.4. The number of rotatable bonds is 6. The number of aromatic nitrogens is 3. The van der Waals surface area contributed by atoms with Crippen LogP contribution in [0.5, 0.6) is 0 Å². The molecule has 2 aromatic heterocycles. The maximum atomic E-state index is 13.3. The van der Waals surface area contributed by atoms with Gasteiger partial charge in [-0.1, -0.05) is 23.7 Å². The summed E-state index contributed by atoms with van der Waals surface area (Å²) in [4.78, 5) is 20.3. The molecule has 1 N–H and O–H groups in total. The summed E-state index contributed by atoms with van der Waals surface area (Å²) in [5, 5.41) is 16.7. The summed E-state index contributed by atoms with van der Waals surface area (Å²) in [5.41, 5.74) is 5.86. The molecular weight excluding hydrogens is 599 g/mol. The molecule has 0 saturated carbocycles. The molecule has 0 aliphatic carbocycles. The van der Waals surface area contributed by atoms with E-state index < -0.39 is 18.2 Å². The van der Waals surface area contributed by atoms with Crippen molar-refractivity contribution in [1.29, 1.82) is 0 Å². The maximum absolute atomic E-state index is 13.3. The van der Waals surface area contributed by atoms with Crippen LogP contribution in [0, 0.1) is 6.92 Å². The van der Waals surface area contributed by atoms with Gasteiger partial charge in [-0.05, 0) is 66.9 Å². The van der Waals surface area contributed by atoms with Gasteiger partial charge in [-0.25, -0.2) is 4.98 Å². The third-order valence-electron chi connectivity index (χ3n) is 8.19. The number of nitrogens with zero attached hydrogens (tertiary/aromatic N) is 5. The Kier molecular flexibility index (Phi) is 7.60. The normalized spacial score (nSPS) is 15.5. The Labute approximate surface area is 255 Å². The number of aliphatic carboxylic acids is 1. The Morgan fingerprint density at radius 1 is 1.07 bits per heavy atom. The molecule has 1 atom stereocenters. The smallest absolute Gasteiger partial charge is 0.403 e. The number of fused-ring (bicyclic) bond motifs is 2. The van der Waals surface area contributed by atoms with E-state index in [1.165, 1.54) is 23.2 Å². The molecule has 0 radical (unpaired) electrons. The minimum Gasteiger partial charge on any atom is -0.481 e. The van der Waals surface area contributed by atoms with E-state index in [2.05, 4.69) is 0 Å². The van der Waals surface area contributed by atoms with Gasteiger partial charge in [-0.15, -0.1) is 11.3 Å². The number of hydrogen-bond acceptors (Lipinski definition) is 6. The molecule has 43 heavy (non-hydrogen) atoms. The number of hydrogen-bond donors (Lipinski definition) is 1. The number of carboxylic acid groups (broad SMARTS) is 1. The molecule has 1 unspecified atom stereocenters. The summed E-state index contributed by atoms with van der Waals surface area (Å²) in [5.74, 6) is -0.174. The Hall–Kier alpha value is -3.67. The highest BCUT2D eigenvalue weighted by Crippen LogP contribution is 2.42. The van der Waals surface area contributed by atoms with Gasteiger partial charge in [-0.2, -0.15) is 18.3 Å². The minimum atomic E-state index is -4.26. The lowest BCUT2D eigenvalue weighted by atomic mass is 9.93. The molecule has 1 saturated heterocycles. The molecule has 224 valence electrons. The molecule has 0 amide bonds. The summed E-state index contributed by atoms with van der Waals surface area (Å²) >= 11 is 7.65. The fourth-order valence-electron chi connectivity index (χ4n) is 5.80. The highest BCUT2D eigenvalue weighted by molar-refractivity contribution is 7.22. The summed E-state index contributed by atoms with van der Waals surface area (Å²) in [6.45, 7) is 4.57. The van der Waals surface area contributed by atoms with Crippen LogP contribution in [0.15, 0.2) is 48.5 Å². The Morgan fingerprint density at radius 2 is 1.74 bits per heavy atom. The predicted molar refractivity (Wildman–Crippen MR) is 165 cm³/mol. The topological polar surface area (TPSA) is 74.5 Å². The average Bonchev–Trinajstić information content (AvgIpc) is 3.53. The predicted octanol–water partition coefficient (Wildman–Crippen LogP) is 7.18. The molecule has 6 rings (SSSR count). The van der Waals surface area contributed by atoms with Crippen molar-refractivity contribution in [1.82, 2.24) is 19.7 Å². The summed E-state index contributed by atoms with van der Waals surface area (Å²) < 4.78 is 42.5. The first-order valence-electron chi connectivity index (χ1n) is 13.8. The van der Waals surface area contributed by atoms with Gasteiger partial charge >= 0.3 is 12.1 Å². The van der Waals surface area contributed by atoms with Crippen LogP contribution in [0.1, 0.15) is 18.1 Å².